The number of hydrogen-bond donors (Lipinski definition) is 1. The van der Waals surface area contributed by atoms with E-state index in [1.165, 1.54) is 82.6 Å². The number of hydrogen-bond acceptors (Lipinski definition) is 2. The van der Waals surface area contributed by atoms with Crippen LogP contribution in [0.4, 0.5) is 0 Å². The van der Waals surface area contributed by atoms with Gasteiger partial charge in [0.2, 0.25) is 0 Å². The summed E-state index contributed by atoms with van der Waals surface area (Å²) in [5, 5.41) is 3.28. The van der Waals surface area contributed by atoms with Gasteiger partial charge >= 0.3 is 0 Å². The van der Waals surface area contributed by atoms with Crippen molar-refractivity contribution >= 4 is 6.72 Å². The lowest BCUT2D eigenvalue weighted by molar-refractivity contribution is 0.320. The molecule has 2 atom stereocenters. The van der Waals surface area contributed by atoms with Crippen LogP contribution in [0.1, 0.15) is 152 Å². The molecule has 3 aliphatic carbocycles. The molecule has 0 aliphatic heterocycles. The molecule has 0 amide bonds. The third kappa shape index (κ3) is 20.2. The number of nitrogens with zero attached hydrogens (tertiary/aromatic N) is 1. The molecule has 0 radical (unpaired) electrons. The predicted molar refractivity (Wildman–Crippen MR) is 177 cm³/mol. The maximum Gasteiger partial charge on any atom is 0.0608 e. The Kier molecular flexibility index (Phi) is 27.0. The van der Waals surface area contributed by atoms with Crippen molar-refractivity contribution in [3.05, 3.63) is 59.0 Å². The molecule has 3 aliphatic rings. The van der Waals surface area contributed by atoms with Crippen molar-refractivity contribution in [1.29, 1.82) is 0 Å². The zero-order valence-corrected chi connectivity index (χ0v) is 27.2. The first kappa shape index (κ1) is 38.3. The van der Waals surface area contributed by atoms with E-state index >= 15 is 0 Å². The average molecular weight is 527 g/mol. The highest BCUT2D eigenvalue weighted by molar-refractivity contribution is 5.39. The van der Waals surface area contributed by atoms with E-state index in [0.717, 1.165) is 24.5 Å². The quantitative estimate of drug-likeness (QED) is 0.312. The molecule has 0 aromatic heterocycles. The molecule has 0 spiro atoms. The van der Waals surface area contributed by atoms with E-state index < -0.39 is 0 Å². The summed E-state index contributed by atoms with van der Waals surface area (Å²) in [6, 6.07) is 0.709. The molecule has 220 valence electrons. The summed E-state index contributed by atoms with van der Waals surface area (Å²) >= 11 is 0. The van der Waals surface area contributed by atoms with Crippen LogP contribution in [0.25, 0.3) is 0 Å². The highest BCUT2D eigenvalue weighted by atomic mass is 14.9. The van der Waals surface area contributed by atoms with Gasteiger partial charge in [-0.05, 0) is 102 Å². The summed E-state index contributed by atoms with van der Waals surface area (Å²) in [4.78, 5) is 3.87. The standard InChI is InChI=1S/C12H20.C9H17N.C8H11N.C5H12.C2H6/c1-4-5-6-12-9-10(2)7-8-11(12)3;1-3-10-9-6-4-5-8(2)7-9;1-7-5-3-4-6-8(7)9-2;1-3-5-4-2;1-2/h9H,4-8H2,1-3H3;3,8-10H,1,4-7H2,2H3;5-6H,2-4H2,1H3;3-5H2,1-2H3;1-2H3. The number of rotatable bonds is 8. The van der Waals surface area contributed by atoms with Gasteiger partial charge in [-0.3, -0.25) is 4.99 Å². The van der Waals surface area contributed by atoms with Gasteiger partial charge in [0, 0.05) is 6.04 Å². The van der Waals surface area contributed by atoms with Gasteiger partial charge in [-0.15, -0.1) is 0 Å². The van der Waals surface area contributed by atoms with Crippen LogP contribution in [-0.4, -0.2) is 12.8 Å². The minimum absolute atomic E-state index is 0.709. The molecule has 1 N–H and O–H groups in total. The summed E-state index contributed by atoms with van der Waals surface area (Å²) in [6.45, 7) is 26.8. The first-order valence-corrected chi connectivity index (χ1v) is 15.9. The second-order valence-electron chi connectivity index (χ2n) is 10.8. The average Bonchev–Trinajstić information content (AvgIpc) is 2.92. The molecule has 1 fully saturated rings. The molecule has 0 heterocycles. The highest BCUT2D eigenvalue weighted by Gasteiger charge is 2.16. The van der Waals surface area contributed by atoms with Crippen molar-refractivity contribution in [3.8, 4) is 0 Å². The Bertz CT molecular complexity index is 718. The lowest BCUT2D eigenvalue weighted by atomic mass is 9.87. The van der Waals surface area contributed by atoms with Crippen LogP contribution >= 0.6 is 0 Å². The van der Waals surface area contributed by atoms with Gasteiger partial charge in [0.05, 0.1) is 5.70 Å². The van der Waals surface area contributed by atoms with Crippen molar-refractivity contribution in [1.82, 2.24) is 5.32 Å². The molecular formula is C36H66N2. The van der Waals surface area contributed by atoms with Crippen LogP contribution in [0, 0.1) is 5.92 Å². The summed E-state index contributed by atoms with van der Waals surface area (Å²) in [5.74, 6) is 0.909. The fourth-order valence-corrected chi connectivity index (χ4v) is 4.77. The van der Waals surface area contributed by atoms with Gasteiger partial charge in [-0.2, -0.15) is 0 Å². The van der Waals surface area contributed by atoms with Crippen LogP contribution in [-0.2, 0) is 0 Å². The normalized spacial score (nSPS) is 20.1. The third-order valence-electron chi connectivity index (χ3n) is 7.19. The molecule has 0 saturated heterocycles. The van der Waals surface area contributed by atoms with Crippen molar-refractivity contribution in [2.24, 2.45) is 10.9 Å². The molecule has 38 heavy (non-hydrogen) atoms. The van der Waals surface area contributed by atoms with Crippen LogP contribution in [0.3, 0.4) is 0 Å². The molecule has 0 bridgehead atoms. The van der Waals surface area contributed by atoms with E-state index in [-0.39, 0.29) is 0 Å². The van der Waals surface area contributed by atoms with E-state index in [1.54, 1.807) is 16.7 Å². The summed E-state index contributed by atoms with van der Waals surface area (Å²) in [6.07, 6.45) is 26.9. The lowest BCUT2D eigenvalue weighted by Gasteiger charge is -2.26. The molecule has 0 aromatic carbocycles. The first-order chi connectivity index (χ1) is 18.3. The fraction of sp³-hybridized carbons (Fsp3) is 0.694. The largest absolute Gasteiger partial charge is 0.389 e. The van der Waals surface area contributed by atoms with Crippen LogP contribution < -0.4 is 5.32 Å². The Morgan fingerprint density at radius 1 is 0.947 bits per heavy atom. The highest BCUT2D eigenvalue weighted by Crippen LogP contribution is 2.26. The minimum atomic E-state index is 0.709. The monoisotopic (exact) mass is 527 g/mol. The maximum atomic E-state index is 3.87. The van der Waals surface area contributed by atoms with Crippen LogP contribution in [0.2, 0.25) is 0 Å². The van der Waals surface area contributed by atoms with E-state index in [0.29, 0.717) is 6.04 Å². The van der Waals surface area contributed by atoms with E-state index in [2.05, 4.69) is 90.3 Å². The first-order valence-electron chi connectivity index (χ1n) is 15.9. The Labute approximate surface area is 240 Å². The summed E-state index contributed by atoms with van der Waals surface area (Å²) < 4.78 is 0. The second kappa shape index (κ2) is 26.8. The molecule has 2 unspecified atom stereocenters. The zero-order valence-electron chi connectivity index (χ0n) is 27.2. The Hall–Kier alpha value is -1.83. The SMILES string of the molecule is C=CNC1CCCC(C)C1.C=NC1=CCCC=C1C.CC.CCCCC.CCCCC1=C(C)CCC(C)=C1. The third-order valence-corrected chi connectivity index (χ3v) is 7.19. The molecule has 3 rings (SSSR count). The fourth-order valence-electron chi connectivity index (χ4n) is 4.77. The molecule has 0 aromatic rings. The molecule has 1 saturated carbocycles. The van der Waals surface area contributed by atoms with Crippen molar-refractivity contribution in [3.63, 3.8) is 0 Å². The van der Waals surface area contributed by atoms with Gasteiger partial charge in [-0.25, -0.2) is 0 Å². The molecule has 2 heteroatoms. The Balaban J connectivity index is 0. The van der Waals surface area contributed by atoms with E-state index in [9.17, 15) is 0 Å². The van der Waals surface area contributed by atoms with Gasteiger partial charge in [-0.1, -0.05) is 116 Å². The Morgan fingerprint density at radius 2 is 1.58 bits per heavy atom. The predicted octanol–water partition coefficient (Wildman–Crippen LogP) is 12.1. The van der Waals surface area contributed by atoms with Gasteiger partial charge < -0.3 is 5.32 Å². The van der Waals surface area contributed by atoms with E-state index in [4.69, 9.17) is 0 Å². The number of allylic oxidation sites excluding steroid dienone is 7. The number of aliphatic imine (C=N–C) groups is 1. The van der Waals surface area contributed by atoms with Crippen LogP contribution in [0.5, 0.6) is 0 Å². The lowest BCUT2D eigenvalue weighted by Crippen LogP contribution is -2.29. The maximum absolute atomic E-state index is 3.87. The molecular weight excluding hydrogens is 460 g/mol. The van der Waals surface area contributed by atoms with Crippen molar-refractivity contribution in [2.45, 2.75) is 158 Å². The van der Waals surface area contributed by atoms with Gasteiger partial charge in [0.15, 0.2) is 0 Å². The summed E-state index contributed by atoms with van der Waals surface area (Å²) in [7, 11) is 0. The smallest absolute Gasteiger partial charge is 0.0608 e. The molecule has 2 nitrogen and oxygen atoms in total. The number of unbranched alkanes of at least 4 members (excludes halogenated alkanes) is 3. The van der Waals surface area contributed by atoms with Gasteiger partial charge in [0.1, 0.15) is 0 Å². The van der Waals surface area contributed by atoms with Crippen molar-refractivity contribution < 1.29 is 0 Å². The topological polar surface area (TPSA) is 24.4 Å². The minimum Gasteiger partial charge on any atom is -0.389 e. The Morgan fingerprint density at radius 3 is 2.05 bits per heavy atom. The zero-order chi connectivity index (χ0) is 29.2. The van der Waals surface area contributed by atoms with Crippen molar-refractivity contribution in [2.75, 3.05) is 0 Å². The summed E-state index contributed by atoms with van der Waals surface area (Å²) in [5.41, 5.74) is 7.11. The van der Waals surface area contributed by atoms with Crippen LogP contribution in [0.15, 0.2) is 64.0 Å². The number of nitrogens with one attached hydrogen (secondary N) is 1. The second-order valence-corrected chi connectivity index (χ2v) is 10.8. The van der Waals surface area contributed by atoms with Gasteiger partial charge in [0.25, 0.3) is 0 Å². The van der Waals surface area contributed by atoms with E-state index in [1.807, 2.05) is 20.0 Å².